The molecule has 1 heterocycles. The van der Waals surface area contributed by atoms with Crippen molar-refractivity contribution in [3.63, 3.8) is 0 Å². The smallest absolute Gasteiger partial charge is 0.395 e. The van der Waals surface area contributed by atoms with E-state index in [4.69, 9.17) is 11.0 Å². The zero-order chi connectivity index (χ0) is 12.3. The van der Waals surface area contributed by atoms with Crippen LogP contribution >= 0.6 is 0 Å². The van der Waals surface area contributed by atoms with Crippen LogP contribution in [0.1, 0.15) is 18.3 Å². The molecule has 1 aromatic rings. The SMILES string of the molecule is CCNc1cc(C(F)(F)F)nc(C#N)c1N. The van der Waals surface area contributed by atoms with E-state index in [0.29, 0.717) is 6.54 Å². The summed E-state index contributed by atoms with van der Waals surface area (Å²) >= 11 is 0. The Morgan fingerprint density at radius 2 is 2.19 bits per heavy atom. The second-order valence-corrected chi connectivity index (χ2v) is 2.96. The highest BCUT2D eigenvalue weighted by Gasteiger charge is 2.34. The van der Waals surface area contributed by atoms with Crippen LogP contribution in [0.4, 0.5) is 24.5 Å². The van der Waals surface area contributed by atoms with Gasteiger partial charge in [0.2, 0.25) is 0 Å². The Hall–Kier alpha value is -1.97. The monoisotopic (exact) mass is 230 g/mol. The van der Waals surface area contributed by atoms with Gasteiger partial charge in [-0.25, -0.2) is 4.98 Å². The molecule has 4 nitrogen and oxygen atoms in total. The molecule has 0 aliphatic rings. The van der Waals surface area contributed by atoms with Crippen molar-refractivity contribution >= 4 is 11.4 Å². The third-order valence-electron chi connectivity index (χ3n) is 1.82. The van der Waals surface area contributed by atoms with E-state index < -0.39 is 17.6 Å². The predicted molar refractivity (Wildman–Crippen MR) is 52.5 cm³/mol. The van der Waals surface area contributed by atoms with Crippen LogP contribution in [0.25, 0.3) is 0 Å². The summed E-state index contributed by atoms with van der Waals surface area (Å²) in [7, 11) is 0. The number of nitriles is 1. The summed E-state index contributed by atoms with van der Waals surface area (Å²) in [4.78, 5) is 3.15. The first-order chi connectivity index (χ1) is 7.40. The molecular formula is C9H9F3N4. The predicted octanol–water partition coefficient (Wildman–Crippen LogP) is 1.99. The van der Waals surface area contributed by atoms with E-state index in [1.54, 1.807) is 6.92 Å². The summed E-state index contributed by atoms with van der Waals surface area (Å²) < 4.78 is 37.2. The van der Waals surface area contributed by atoms with Crippen molar-refractivity contribution < 1.29 is 13.2 Å². The summed E-state index contributed by atoms with van der Waals surface area (Å²) in [6, 6.07) is 2.32. The summed E-state index contributed by atoms with van der Waals surface area (Å²) in [5.74, 6) is 0. The molecule has 0 saturated carbocycles. The second-order valence-electron chi connectivity index (χ2n) is 2.96. The van der Waals surface area contributed by atoms with Crippen molar-refractivity contribution in [2.75, 3.05) is 17.6 Å². The number of anilines is 2. The van der Waals surface area contributed by atoms with E-state index in [1.165, 1.54) is 6.07 Å². The lowest BCUT2D eigenvalue weighted by Crippen LogP contribution is -2.13. The number of hydrogen-bond acceptors (Lipinski definition) is 4. The highest BCUT2D eigenvalue weighted by molar-refractivity contribution is 5.71. The lowest BCUT2D eigenvalue weighted by molar-refractivity contribution is -0.141. The largest absolute Gasteiger partial charge is 0.433 e. The molecule has 86 valence electrons. The van der Waals surface area contributed by atoms with Gasteiger partial charge in [-0.3, -0.25) is 0 Å². The lowest BCUT2D eigenvalue weighted by atomic mass is 10.2. The molecule has 16 heavy (non-hydrogen) atoms. The van der Waals surface area contributed by atoms with Gasteiger partial charge in [-0.15, -0.1) is 0 Å². The molecule has 0 radical (unpaired) electrons. The Bertz CT molecular complexity index is 434. The molecule has 0 unspecified atom stereocenters. The van der Waals surface area contributed by atoms with E-state index >= 15 is 0 Å². The van der Waals surface area contributed by atoms with Crippen LogP contribution in [-0.4, -0.2) is 11.5 Å². The van der Waals surface area contributed by atoms with Crippen LogP contribution in [-0.2, 0) is 6.18 Å². The van der Waals surface area contributed by atoms with Crippen molar-refractivity contribution in [1.29, 1.82) is 5.26 Å². The van der Waals surface area contributed by atoms with Crippen molar-refractivity contribution in [1.82, 2.24) is 4.98 Å². The molecule has 0 saturated heterocycles. The van der Waals surface area contributed by atoms with Crippen LogP contribution in [0.15, 0.2) is 6.07 Å². The fourth-order valence-electron chi connectivity index (χ4n) is 1.12. The number of nitrogens with one attached hydrogen (secondary N) is 1. The quantitative estimate of drug-likeness (QED) is 0.814. The van der Waals surface area contributed by atoms with Gasteiger partial charge in [0.15, 0.2) is 5.69 Å². The highest BCUT2D eigenvalue weighted by Crippen LogP contribution is 2.32. The third-order valence-corrected chi connectivity index (χ3v) is 1.82. The Morgan fingerprint density at radius 1 is 1.56 bits per heavy atom. The topological polar surface area (TPSA) is 74.7 Å². The standard InChI is InChI=1S/C9H9F3N4/c1-2-15-5-3-7(9(10,11)12)16-6(4-13)8(5)14/h3H,2,14H2,1H3,(H,15,16). The van der Waals surface area contributed by atoms with Gasteiger partial charge in [-0.05, 0) is 13.0 Å². The molecule has 1 aromatic heterocycles. The van der Waals surface area contributed by atoms with Crippen molar-refractivity contribution in [3.05, 3.63) is 17.5 Å². The summed E-state index contributed by atoms with van der Waals surface area (Å²) in [6.45, 7) is 2.11. The summed E-state index contributed by atoms with van der Waals surface area (Å²) in [5, 5.41) is 11.3. The third kappa shape index (κ3) is 2.34. The van der Waals surface area contributed by atoms with Crippen LogP contribution < -0.4 is 11.1 Å². The zero-order valence-corrected chi connectivity index (χ0v) is 8.39. The van der Waals surface area contributed by atoms with Crippen molar-refractivity contribution in [3.8, 4) is 6.07 Å². The number of aromatic nitrogens is 1. The maximum Gasteiger partial charge on any atom is 0.433 e. The first kappa shape index (κ1) is 12.1. The first-order valence-electron chi connectivity index (χ1n) is 4.41. The number of pyridine rings is 1. The van der Waals surface area contributed by atoms with Gasteiger partial charge in [-0.1, -0.05) is 0 Å². The maximum atomic E-state index is 12.4. The van der Waals surface area contributed by atoms with E-state index in [9.17, 15) is 13.2 Å². The summed E-state index contributed by atoms with van der Waals surface area (Å²) in [5.41, 5.74) is 3.92. The van der Waals surface area contributed by atoms with Crippen molar-refractivity contribution in [2.45, 2.75) is 13.1 Å². The molecule has 0 aromatic carbocycles. The van der Waals surface area contributed by atoms with E-state index in [-0.39, 0.29) is 11.4 Å². The number of alkyl halides is 3. The van der Waals surface area contributed by atoms with Gasteiger partial charge in [0, 0.05) is 6.54 Å². The first-order valence-corrected chi connectivity index (χ1v) is 4.41. The van der Waals surface area contributed by atoms with Crippen molar-refractivity contribution in [2.24, 2.45) is 0 Å². The van der Waals surface area contributed by atoms with Gasteiger partial charge in [0.05, 0.1) is 11.4 Å². The normalized spacial score (nSPS) is 10.9. The minimum Gasteiger partial charge on any atom is -0.395 e. The van der Waals surface area contributed by atoms with Gasteiger partial charge < -0.3 is 11.1 Å². The number of nitrogen functional groups attached to an aromatic ring is 1. The molecular weight excluding hydrogens is 221 g/mol. The minimum absolute atomic E-state index is 0.0707. The molecule has 0 aliphatic carbocycles. The van der Waals surface area contributed by atoms with E-state index in [0.717, 1.165) is 6.07 Å². The van der Waals surface area contributed by atoms with Crippen LogP contribution in [0.5, 0.6) is 0 Å². The molecule has 0 atom stereocenters. The number of halogens is 3. The van der Waals surface area contributed by atoms with Gasteiger partial charge >= 0.3 is 6.18 Å². The molecule has 0 bridgehead atoms. The Labute approximate surface area is 89.9 Å². The molecule has 3 N–H and O–H groups in total. The van der Waals surface area contributed by atoms with Crippen LogP contribution in [0, 0.1) is 11.3 Å². The molecule has 0 fully saturated rings. The van der Waals surface area contributed by atoms with E-state index in [2.05, 4.69) is 10.3 Å². The second kappa shape index (κ2) is 4.26. The summed E-state index contributed by atoms with van der Waals surface area (Å²) in [6.07, 6.45) is -4.59. The maximum absolute atomic E-state index is 12.4. The van der Waals surface area contributed by atoms with Crippen LogP contribution in [0.3, 0.4) is 0 Å². The molecule has 1 rings (SSSR count). The van der Waals surface area contributed by atoms with Gasteiger partial charge in [0.1, 0.15) is 11.8 Å². The molecule has 0 spiro atoms. The average Bonchev–Trinajstić information content (AvgIpc) is 2.19. The molecule has 0 aliphatic heterocycles. The molecule has 0 amide bonds. The van der Waals surface area contributed by atoms with E-state index in [1.807, 2.05) is 0 Å². The number of hydrogen-bond donors (Lipinski definition) is 2. The molecule has 7 heteroatoms. The fourth-order valence-corrected chi connectivity index (χ4v) is 1.12. The number of nitrogens with two attached hydrogens (primary N) is 1. The average molecular weight is 230 g/mol. The Balaban J connectivity index is 3.36. The highest BCUT2D eigenvalue weighted by atomic mass is 19.4. The minimum atomic E-state index is -4.59. The fraction of sp³-hybridized carbons (Fsp3) is 0.333. The zero-order valence-electron chi connectivity index (χ0n) is 8.39. The number of nitrogens with zero attached hydrogens (tertiary/aromatic N) is 2. The van der Waals surface area contributed by atoms with Crippen LogP contribution in [0.2, 0.25) is 0 Å². The Kier molecular flexibility index (Phi) is 3.22. The Morgan fingerprint density at radius 3 is 2.62 bits per heavy atom. The number of rotatable bonds is 2. The van der Waals surface area contributed by atoms with Gasteiger partial charge in [0.25, 0.3) is 0 Å². The van der Waals surface area contributed by atoms with Gasteiger partial charge in [-0.2, -0.15) is 18.4 Å². The lowest BCUT2D eigenvalue weighted by Gasteiger charge is -2.12.